The standard InChI is InChI=1S/C15H22O/c1-14(2,3)12-8-7-9-13(11(12)10-16)15(4,5)6/h7-10H,1-6H3. The minimum atomic E-state index is 0.0114. The molecule has 1 aromatic carbocycles. The average molecular weight is 218 g/mol. The zero-order chi connectivity index (χ0) is 12.6. The third-order valence-corrected chi connectivity index (χ3v) is 2.84. The van der Waals surface area contributed by atoms with Crippen molar-refractivity contribution < 1.29 is 4.79 Å². The van der Waals surface area contributed by atoms with E-state index in [1.165, 1.54) is 0 Å². The van der Waals surface area contributed by atoms with E-state index < -0.39 is 0 Å². The fourth-order valence-electron chi connectivity index (χ4n) is 2.00. The summed E-state index contributed by atoms with van der Waals surface area (Å²) in [7, 11) is 0. The molecule has 0 fully saturated rings. The zero-order valence-electron chi connectivity index (χ0n) is 11.2. The predicted octanol–water partition coefficient (Wildman–Crippen LogP) is 4.09. The van der Waals surface area contributed by atoms with Crippen LogP contribution in [0.3, 0.4) is 0 Å². The topological polar surface area (TPSA) is 17.1 Å². The summed E-state index contributed by atoms with van der Waals surface area (Å²) in [6, 6.07) is 6.16. The van der Waals surface area contributed by atoms with E-state index in [4.69, 9.17) is 0 Å². The van der Waals surface area contributed by atoms with Gasteiger partial charge in [0.05, 0.1) is 0 Å². The first-order chi connectivity index (χ1) is 7.18. The first-order valence-corrected chi connectivity index (χ1v) is 5.77. The second-order valence-electron chi connectivity index (χ2n) is 6.38. The van der Waals surface area contributed by atoms with Gasteiger partial charge in [-0.05, 0) is 22.0 Å². The van der Waals surface area contributed by atoms with Crippen LogP contribution in [0, 0.1) is 0 Å². The Bertz CT molecular complexity index is 357. The second-order valence-corrected chi connectivity index (χ2v) is 6.38. The SMILES string of the molecule is CC(C)(C)c1cccc(C(C)(C)C)c1C=O. The van der Waals surface area contributed by atoms with Crippen LogP contribution in [0.5, 0.6) is 0 Å². The number of hydrogen-bond acceptors (Lipinski definition) is 1. The van der Waals surface area contributed by atoms with Crippen molar-refractivity contribution in [2.24, 2.45) is 0 Å². The summed E-state index contributed by atoms with van der Waals surface area (Å²) in [5.41, 5.74) is 3.15. The lowest BCUT2D eigenvalue weighted by molar-refractivity contribution is 0.111. The van der Waals surface area contributed by atoms with E-state index >= 15 is 0 Å². The molecule has 0 spiro atoms. The van der Waals surface area contributed by atoms with Crippen molar-refractivity contribution in [3.8, 4) is 0 Å². The van der Waals surface area contributed by atoms with Crippen molar-refractivity contribution in [1.29, 1.82) is 0 Å². The molecule has 0 aliphatic heterocycles. The maximum absolute atomic E-state index is 11.3. The van der Waals surface area contributed by atoms with Gasteiger partial charge in [-0.3, -0.25) is 4.79 Å². The van der Waals surface area contributed by atoms with Gasteiger partial charge in [-0.25, -0.2) is 0 Å². The van der Waals surface area contributed by atoms with Crippen LogP contribution in [0.4, 0.5) is 0 Å². The van der Waals surface area contributed by atoms with E-state index in [2.05, 4.69) is 53.7 Å². The Labute approximate surface area is 98.9 Å². The molecule has 1 aromatic rings. The molecule has 0 saturated heterocycles. The van der Waals surface area contributed by atoms with Crippen LogP contribution in [0.25, 0.3) is 0 Å². The number of carbonyl (C=O) groups excluding carboxylic acids is 1. The van der Waals surface area contributed by atoms with Crippen LogP contribution in [0.1, 0.15) is 63.0 Å². The molecule has 0 atom stereocenters. The maximum Gasteiger partial charge on any atom is 0.150 e. The molecule has 0 radical (unpaired) electrons. The second kappa shape index (κ2) is 4.04. The Morgan fingerprint density at radius 1 is 0.875 bits per heavy atom. The lowest BCUT2D eigenvalue weighted by Gasteiger charge is -2.27. The van der Waals surface area contributed by atoms with Crippen molar-refractivity contribution in [2.75, 3.05) is 0 Å². The van der Waals surface area contributed by atoms with Crippen molar-refractivity contribution in [3.63, 3.8) is 0 Å². The normalized spacial score (nSPS) is 12.6. The van der Waals surface area contributed by atoms with Gasteiger partial charge in [0.15, 0.2) is 6.29 Å². The minimum absolute atomic E-state index is 0.0114. The number of carbonyl (C=O) groups is 1. The van der Waals surface area contributed by atoms with Crippen LogP contribution >= 0.6 is 0 Å². The molecule has 0 aromatic heterocycles. The van der Waals surface area contributed by atoms with Crippen LogP contribution in [-0.2, 0) is 10.8 Å². The molecular formula is C15H22O. The largest absolute Gasteiger partial charge is 0.298 e. The highest BCUT2D eigenvalue weighted by Gasteiger charge is 2.24. The van der Waals surface area contributed by atoms with Crippen molar-refractivity contribution in [2.45, 2.75) is 52.4 Å². The molecule has 0 saturated carbocycles. The third-order valence-electron chi connectivity index (χ3n) is 2.84. The van der Waals surface area contributed by atoms with Crippen molar-refractivity contribution in [3.05, 3.63) is 34.9 Å². The summed E-state index contributed by atoms with van der Waals surface area (Å²) >= 11 is 0. The number of hydrogen-bond donors (Lipinski definition) is 0. The number of aldehydes is 1. The smallest absolute Gasteiger partial charge is 0.150 e. The van der Waals surface area contributed by atoms with E-state index in [9.17, 15) is 4.79 Å². The summed E-state index contributed by atoms with van der Waals surface area (Å²) in [6.07, 6.45) is 1.00. The summed E-state index contributed by atoms with van der Waals surface area (Å²) in [6.45, 7) is 12.8. The van der Waals surface area contributed by atoms with Crippen molar-refractivity contribution >= 4 is 6.29 Å². The Balaban J connectivity index is 3.51. The molecule has 1 rings (SSSR count). The Morgan fingerprint density at radius 3 is 1.50 bits per heavy atom. The van der Waals surface area contributed by atoms with Gasteiger partial charge < -0.3 is 0 Å². The Kier molecular flexibility index (Phi) is 3.27. The first-order valence-electron chi connectivity index (χ1n) is 5.77. The molecule has 0 N–H and O–H groups in total. The van der Waals surface area contributed by atoms with E-state index in [0.29, 0.717) is 0 Å². The molecule has 0 amide bonds. The molecule has 0 heterocycles. The maximum atomic E-state index is 11.3. The first kappa shape index (κ1) is 13.0. The molecule has 1 heteroatoms. The van der Waals surface area contributed by atoms with Gasteiger partial charge in [-0.15, -0.1) is 0 Å². The molecule has 88 valence electrons. The molecule has 16 heavy (non-hydrogen) atoms. The van der Waals surface area contributed by atoms with Gasteiger partial charge in [-0.2, -0.15) is 0 Å². The van der Waals surface area contributed by atoms with E-state index in [1.54, 1.807) is 0 Å². The van der Waals surface area contributed by atoms with Gasteiger partial charge in [-0.1, -0.05) is 59.7 Å². The zero-order valence-corrected chi connectivity index (χ0v) is 11.2. The molecular weight excluding hydrogens is 196 g/mol. The lowest BCUT2D eigenvalue weighted by Crippen LogP contribution is -2.20. The monoisotopic (exact) mass is 218 g/mol. The van der Waals surface area contributed by atoms with Gasteiger partial charge in [0.2, 0.25) is 0 Å². The summed E-state index contributed by atoms with van der Waals surface area (Å²) in [5.74, 6) is 0. The van der Waals surface area contributed by atoms with E-state index in [-0.39, 0.29) is 10.8 Å². The lowest BCUT2D eigenvalue weighted by atomic mass is 9.77. The van der Waals surface area contributed by atoms with Gasteiger partial charge in [0, 0.05) is 5.56 Å². The highest BCUT2D eigenvalue weighted by atomic mass is 16.1. The average Bonchev–Trinajstić information content (AvgIpc) is 2.13. The van der Waals surface area contributed by atoms with Crippen LogP contribution in [-0.4, -0.2) is 6.29 Å². The van der Waals surface area contributed by atoms with E-state index in [1.807, 2.05) is 6.07 Å². The van der Waals surface area contributed by atoms with E-state index in [0.717, 1.165) is 23.0 Å². The van der Waals surface area contributed by atoms with Crippen LogP contribution in [0.15, 0.2) is 18.2 Å². The molecule has 0 aliphatic carbocycles. The van der Waals surface area contributed by atoms with Crippen molar-refractivity contribution in [1.82, 2.24) is 0 Å². The minimum Gasteiger partial charge on any atom is -0.298 e. The third kappa shape index (κ3) is 2.52. The van der Waals surface area contributed by atoms with Gasteiger partial charge in [0.25, 0.3) is 0 Å². The molecule has 0 bridgehead atoms. The van der Waals surface area contributed by atoms with Gasteiger partial charge in [0.1, 0.15) is 0 Å². The Hall–Kier alpha value is -1.11. The van der Waals surface area contributed by atoms with Crippen LogP contribution < -0.4 is 0 Å². The Morgan fingerprint density at radius 2 is 1.25 bits per heavy atom. The summed E-state index contributed by atoms with van der Waals surface area (Å²) < 4.78 is 0. The number of benzene rings is 1. The summed E-state index contributed by atoms with van der Waals surface area (Å²) in [4.78, 5) is 11.3. The fraction of sp³-hybridized carbons (Fsp3) is 0.533. The van der Waals surface area contributed by atoms with Gasteiger partial charge >= 0.3 is 0 Å². The highest BCUT2D eigenvalue weighted by Crippen LogP contribution is 2.32. The number of rotatable bonds is 1. The predicted molar refractivity (Wildman–Crippen MR) is 69.2 cm³/mol. The molecule has 1 nitrogen and oxygen atoms in total. The highest BCUT2D eigenvalue weighted by molar-refractivity contribution is 5.81. The summed E-state index contributed by atoms with van der Waals surface area (Å²) in [5, 5.41) is 0. The van der Waals surface area contributed by atoms with Crippen LogP contribution in [0.2, 0.25) is 0 Å². The fourth-order valence-corrected chi connectivity index (χ4v) is 2.00. The molecule has 0 unspecified atom stereocenters. The quantitative estimate of drug-likeness (QED) is 0.649. The molecule has 0 aliphatic rings.